The molecule has 0 fully saturated rings. The first-order valence-electron chi connectivity index (χ1n) is 11.4. The first-order chi connectivity index (χ1) is 17.9. The first-order valence-corrected chi connectivity index (χ1v) is 11.4. The second kappa shape index (κ2) is 13.3. The molecule has 3 aromatic carbocycles. The van der Waals surface area contributed by atoms with Crippen LogP contribution in [0.3, 0.4) is 0 Å². The van der Waals surface area contributed by atoms with Gasteiger partial charge in [0, 0.05) is 5.69 Å². The largest absolute Gasteiger partial charge is 0.494 e. The third-order valence-electron chi connectivity index (χ3n) is 4.80. The fourth-order valence-corrected chi connectivity index (χ4v) is 3.07. The fraction of sp³-hybridized carbons (Fsp3) is 0.185. The van der Waals surface area contributed by atoms with Gasteiger partial charge >= 0.3 is 17.8 Å². The lowest BCUT2D eigenvalue weighted by molar-refractivity contribution is -0.136. The highest BCUT2D eigenvalue weighted by atomic mass is 16.6. The number of hydrogen-bond acceptors (Lipinski definition) is 8. The Morgan fingerprint density at radius 2 is 1.43 bits per heavy atom. The zero-order chi connectivity index (χ0) is 26.6. The van der Waals surface area contributed by atoms with E-state index in [1.54, 1.807) is 60.7 Å². The lowest BCUT2D eigenvalue weighted by Gasteiger charge is -2.10. The van der Waals surface area contributed by atoms with Gasteiger partial charge in [-0.05, 0) is 86.1 Å². The fourth-order valence-electron chi connectivity index (χ4n) is 3.07. The highest BCUT2D eigenvalue weighted by Crippen LogP contribution is 2.28. The van der Waals surface area contributed by atoms with Gasteiger partial charge in [0.2, 0.25) is 0 Å². The second-order valence-electron chi connectivity index (χ2n) is 7.37. The SMILES string of the molecule is CCOc1ccc(NC(=O)C(=O)NN=Cc2ccc(OC(=O)c3ccc(OCC)cc3)c(OC)c2)cc1. The minimum atomic E-state index is -0.946. The van der Waals surface area contributed by atoms with Crippen LogP contribution in [-0.2, 0) is 9.59 Å². The molecular formula is C27H27N3O7. The van der Waals surface area contributed by atoms with E-state index in [1.165, 1.54) is 19.4 Å². The first kappa shape index (κ1) is 26.7. The van der Waals surface area contributed by atoms with E-state index in [2.05, 4.69) is 15.8 Å². The van der Waals surface area contributed by atoms with Crippen LogP contribution in [0.2, 0.25) is 0 Å². The normalized spacial score (nSPS) is 10.5. The van der Waals surface area contributed by atoms with Crippen LogP contribution >= 0.6 is 0 Å². The van der Waals surface area contributed by atoms with Crippen molar-refractivity contribution in [1.82, 2.24) is 5.43 Å². The molecule has 0 atom stereocenters. The van der Waals surface area contributed by atoms with E-state index in [4.69, 9.17) is 18.9 Å². The molecule has 0 bridgehead atoms. The van der Waals surface area contributed by atoms with Crippen LogP contribution in [0.25, 0.3) is 0 Å². The maximum Gasteiger partial charge on any atom is 0.343 e. The quantitative estimate of drug-likeness (QED) is 0.141. The maximum absolute atomic E-state index is 12.5. The summed E-state index contributed by atoms with van der Waals surface area (Å²) >= 11 is 0. The molecule has 37 heavy (non-hydrogen) atoms. The van der Waals surface area contributed by atoms with Crippen molar-refractivity contribution in [2.24, 2.45) is 5.10 Å². The molecule has 3 aromatic rings. The predicted octanol–water partition coefficient (Wildman–Crippen LogP) is 3.80. The molecule has 2 N–H and O–H groups in total. The van der Waals surface area contributed by atoms with Crippen LogP contribution in [-0.4, -0.2) is 44.3 Å². The molecule has 0 saturated heterocycles. The van der Waals surface area contributed by atoms with Crippen LogP contribution in [0.4, 0.5) is 5.69 Å². The maximum atomic E-state index is 12.5. The van der Waals surface area contributed by atoms with E-state index >= 15 is 0 Å². The molecule has 0 aliphatic carbocycles. The van der Waals surface area contributed by atoms with Gasteiger partial charge in [-0.15, -0.1) is 0 Å². The molecule has 0 radical (unpaired) electrons. The number of rotatable bonds is 10. The van der Waals surface area contributed by atoms with E-state index in [0.29, 0.717) is 41.5 Å². The van der Waals surface area contributed by atoms with E-state index in [0.717, 1.165) is 0 Å². The van der Waals surface area contributed by atoms with Crippen molar-refractivity contribution < 1.29 is 33.3 Å². The predicted molar refractivity (Wildman–Crippen MR) is 138 cm³/mol. The highest BCUT2D eigenvalue weighted by molar-refractivity contribution is 6.39. The molecule has 0 heterocycles. The van der Waals surface area contributed by atoms with Crippen molar-refractivity contribution >= 4 is 29.7 Å². The Kier molecular flexibility index (Phi) is 9.60. The van der Waals surface area contributed by atoms with Gasteiger partial charge in [-0.3, -0.25) is 9.59 Å². The van der Waals surface area contributed by atoms with Gasteiger partial charge in [0.05, 0.1) is 32.1 Å². The number of carbonyl (C=O) groups excluding carboxylic acids is 3. The van der Waals surface area contributed by atoms with Gasteiger partial charge in [-0.25, -0.2) is 10.2 Å². The van der Waals surface area contributed by atoms with Crippen molar-refractivity contribution in [2.45, 2.75) is 13.8 Å². The molecule has 0 spiro atoms. The van der Waals surface area contributed by atoms with E-state index in [-0.39, 0.29) is 11.5 Å². The summed E-state index contributed by atoms with van der Waals surface area (Å²) in [4.78, 5) is 36.6. The minimum absolute atomic E-state index is 0.206. The molecule has 10 heteroatoms. The summed E-state index contributed by atoms with van der Waals surface area (Å²) in [5.41, 5.74) is 3.48. The Labute approximate surface area is 214 Å². The van der Waals surface area contributed by atoms with Crippen molar-refractivity contribution in [3.8, 4) is 23.0 Å². The summed E-state index contributed by atoms with van der Waals surface area (Å²) in [6.07, 6.45) is 1.32. The molecule has 10 nitrogen and oxygen atoms in total. The van der Waals surface area contributed by atoms with Crippen LogP contribution in [0.5, 0.6) is 23.0 Å². The number of benzene rings is 3. The van der Waals surface area contributed by atoms with Gasteiger partial charge in [-0.2, -0.15) is 5.10 Å². The van der Waals surface area contributed by atoms with Gasteiger partial charge in [0.25, 0.3) is 0 Å². The van der Waals surface area contributed by atoms with Gasteiger partial charge in [0.15, 0.2) is 11.5 Å². The monoisotopic (exact) mass is 505 g/mol. The van der Waals surface area contributed by atoms with Crippen molar-refractivity contribution in [3.05, 3.63) is 77.9 Å². The number of anilines is 1. The number of amides is 2. The topological polar surface area (TPSA) is 125 Å². The number of ether oxygens (including phenoxy) is 4. The number of hydrazone groups is 1. The zero-order valence-corrected chi connectivity index (χ0v) is 20.6. The number of hydrogen-bond donors (Lipinski definition) is 2. The van der Waals surface area contributed by atoms with Gasteiger partial charge in [0.1, 0.15) is 11.5 Å². The van der Waals surface area contributed by atoms with Gasteiger partial charge in [-0.1, -0.05) is 0 Å². The van der Waals surface area contributed by atoms with Crippen LogP contribution < -0.4 is 29.7 Å². The Morgan fingerprint density at radius 3 is 2.03 bits per heavy atom. The van der Waals surface area contributed by atoms with Crippen molar-refractivity contribution in [2.75, 3.05) is 25.6 Å². The minimum Gasteiger partial charge on any atom is -0.494 e. The Bertz CT molecular complexity index is 1260. The molecule has 0 saturated carbocycles. The van der Waals surface area contributed by atoms with E-state index < -0.39 is 17.8 Å². The van der Waals surface area contributed by atoms with Crippen molar-refractivity contribution in [3.63, 3.8) is 0 Å². The summed E-state index contributed by atoms with van der Waals surface area (Å²) in [6.45, 7) is 4.79. The van der Waals surface area contributed by atoms with Crippen LogP contribution in [0.1, 0.15) is 29.8 Å². The number of methoxy groups -OCH3 is 1. The summed E-state index contributed by atoms with van der Waals surface area (Å²) in [6, 6.07) is 17.9. The van der Waals surface area contributed by atoms with Gasteiger partial charge < -0.3 is 24.3 Å². The zero-order valence-electron chi connectivity index (χ0n) is 20.6. The third-order valence-corrected chi connectivity index (χ3v) is 4.80. The summed E-state index contributed by atoms with van der Waals surface area (Å²) in [7, 11) is 1.43. The molecule has 0 aliphatic heterocycles. The van der Waals surface area contributed by atoms with Crippen LogP contribution in [0, 0.1) is 0 Å². The molecule has 0 aromatic heterocycles. The van der Waals surface area contributed by atoms with E-state index in [1.807, 2.05) is 13.8 Å². The average molecular weight is 506 g/mol. The number of nitrogens with one attached hydrogen (secondary N) is 2. The summed E-state index contributed by atoms with van der Waals surface area (Å²) < 4.78 is 21.5. The lowest BCUT2D eigenvalue weighted by Crippen LogP contribution is -2.32. The number of nitrogens with zero attached hydrogens (tertiary/aromatic N) is 1. The lowest BCUT2D eigenvalue weighted by atomic mass is 10.2. The summed E-state index contributed by atoms with van der Waals surface area (Å²) in [5, 5.41) is 6.27. The number of esters is 1. The molecule has 3 rings (SSSR count). The van der Waals surface area contributed by atoms with E-state index in [9.17, 15) is 14.4 Å². The number of carbonyl (C=O) groups is 3. The smallest absolute Gasteiger partial charge is 0.343 e. The second-order valence-corrected chi connectivity index (χ2v) is 7.37. The summed E-state index contributed by atoms with van der Waals surface area (Å²) in [5.74, 6) is -0.593. The molecule has 192 valence electrons. The molecule has 2 amide bonds. The molecule has 0 unspecified atom stereocenters. The highest BCUT2D eigenvalue weighted by Gasteiger charge is 2.14. The Hall–Kier alpha value is -4.86. The molecule has 0 aliphatic rings. The Morgan fingerprint density at radius 1 is 0.811 bits per heavy atom. The Balaban J connectivity index is 1.56. The molecular weight excluding hydrogens is 478 g/mol. The average Bonchev–Trinajstić information content (AvgIpc) is 2.91. The standard InChI is InChI=1S/C27H27N3O7/c1-4-35-21-11-7-19(8-12-21)27(33)37-23-15-6-18(16-24(23)34-3)17-28-30-26(32)25(31)29-20-9-13-22(14-10-20)36-5-2/h6-17H,4-5H2,1-3H3,(H,29,31)(H,30,32). The third kappa shape index (κ3) is 7.82. The van der Waals surface area contributed by atoms with Crippen molar-refractivity contribution in [1.29, 1.82) is 0 Å². The van der Waals surface area contributed by atoms with Crippen LogP contribution in [0.15, 0.2) is 71.8 Å².